The molecule has 0 radical (unpaired) electrons. The maximum Gasteiger partial charge on any atom is 0.230 e. The van der Waals surface area contributed by atoms with Crippen LogP contribution < -0.4 is 0 Å². The Morgan fingerprint density at radius 2 is 1.50 bits per heavy atom. The minimum absolute atomic E-state index is 0.0152. The molecule has 2 saturated heterocycles. The number of amides is 2. The summed E-state index contributed by atoms with van der Waals surface area (Å²) in [4.78, 5) is 30.7. The van der Waals surface area contributed by atoms with Crippen LogP contribution in [0.4, 0.5) is 0 Å². The zero-order chi connectivity index (χ0) is 20.7. The number of carbonyl (C=O) groups is 2. The van der Waals surface area contributed by atoms with E-state index in [1.54, 1.807) is 0 Å². The van der Waals surface area contributed by atoms with Crippen molar-refractivity contribution in [2.45, 2.75) is 76.0 Å². The molecule has 0 N–H and O–H groups in total. The van der Waals surface area contributed by atoms with Crippen LogP contribution in [0.2, 0.25) is 0 Å². The van der Waals surface area contributed by atoms with Crippen LogP contribution in [0.25, 0.3) is 0 Å². The SMILES string of the molecule is CC1CCC(C(=O)N2CCC3(CC2)CC(C(=O)N2CCCC2)c2ccccc23)CC1. The molecule has 1 atom stereocenters. The van der Waals surface area contributed by atoms with Crippen LogP contribution in [0, 0.1) is 11.8 Å². The van der Waals surface area contributed by atoms with Gasteiger partial charge in [-0.05, 0) is 74.8 Å². The third-order valence-corrected chi connectivity index (χ3v) is 8.62. The zero-order valence-corrected chi connectivity index (χ0v) is 18.4. The minimum atomic E-state index is 0.0152. The number of carbonyl (C=O) groups excluding carboxylic acids is 2. The Kier molecular flexibility index (Phi) is 5.37. The van der Waals surface area contributed by atoms with Gasteiger partial charge >= 0.3 is 0 Å². The van der Waals surface area contributed by atoms with Crippen LogP contribution in [0.3, 0.4) is 0 Å². The molecule has 4 heteroatoms. The Balaban J connectivity index is 1.30. The van der Waals surface area contributed by atoms with Crippen molar-refractivity contribution >= 4 is 11.8 Å². The van der Waals surface area contributed by atoms with Gasteiger partial charge in [0.05, 0.1) is 5.92 Å². The van der Waals surface area contributed by atoms with Gasteiger partial charge in [0.25, 0.3) is 0 Å². The number of hydrogen-bond donors (Lipinski definition) is 0. The first kappa shape index (κ1) is 20.1. The number of piperidine rings is 1. The average Bonchev–Trinajstić information content (AvgIpc) is 3.42. The summed E-state index contributed by atoms with van der Waals surface area (Å²) in [5, 5.41) is 0. The smallest absolute Gasteiger partial charge is 0.230 e. The molecule has 5 rings (SSSR count). The highest BCUT2D eigenvalue weighted by atomic mass is 16.2. The van der Waals surface area contributed by atoms with E-state index in [1.165, 1.54) is 24.0 Å². The van der Waals surface area contributed by atoms with Gasteiger partial charge in [0, 0.05) is 37.5 Å². The summed E-state index contributed by atoms with van der Waals surface area (Å²) in [7, 11) is 0. The van der Waals surface area contributed by atoms with Gasteiger partial charge in [0.15, 0.2) is 0 Å². The molecule has 2 amide bonds. The fourth-order valence-corrected chi connectivity index (χ4v) is 6.67. The lowest BCUT2D eigenvalue weighted by atomic mass is 9.73. The van der Waals surface area contributed by atoms with Gasteiger partial charge in [0.2, 0.25) is 11.8 Å². The summed E-state index contributed by atoms with van der Waals surface area (Å²) in [5.74, 6) is 1.77. The maximum absolute atomic E-state index is 13.3. The van der Waals surface area contributed by atoms with Gasteiger partial charge in [-0.3, -0.25) is 9.59 Å². The largest absolute Gasteiger partial charge is 0.342 e. The van der Waals surface area contributed by atoms with E-state index < -0.39 is 0 Å². The molecule has 30 heavy (non-hydrogen) atoms. The van der Waals surface area contributed by atoms with Gasteiger partial charge in [-0.2, -0.15) is 0 Å². The first-order valence-corrected chi connectivity index (χ1v) is 12.2. The summed E-state index contributed by atoms with van der Waals surface area (Å²) >= 11 is 0. The second-order valence-corrected chi connectivity index (χ2v) is 10.4. The Hall–Kier alpha value is -1.84. The fourth-order valence-electron chi connectivity index (χ4n) is 6.67. The van der Waals surface area contributed by atoms with Gasteiger partial charge < -0.3 is 9.80 Å². The van der Waals surface area contributed by atoms with Crippen molar-refractivity contribution in [3.63, 3.8) is 0 Å². The van der Waals surface area contributed by atoms with Crippen LogP contribution in [0.5, 0.6) is 0 Å². The van der Waals surface area contributed by atoms with Gasteiger partial charge in [0.1, 0.15) is 0 Å². The topological polar surface area (TPSA) is 40.6 Å². The third kappa shape index (κ3) is 3.46. The molecule has 2 aliphatic heterocycles. The predicted molar refractivity (Wildman–Crippen MR) is 118 cm³/mol. The molecule has 1 unspecified atom stereocenters. The lowest BCUT2D eigenvalue weighted by Crippen LogP contribution is -2.47. The Bertz CT molecular complexity index is 797. The lowest BCUT2D eigenvalue weighted by molar-refractivity contribution is -0.139. The van der Waals surface area contributed by atoms with Crippen LogP contribution in [-0.4, -0.2) is 47.8 Å². The monoisotopic (exact) mass is 408 g/mol. The normalized spacial score (nSPS) is 30.5. The number of likely N-dealkylation sites (tertiary alicyclic amines) is 2. The molecular formula is C26H36N2O2. The van der Waals surface area contributed by atoms with E-state index in [-0.39, 0.29) is 17.3 Å². The van der Waals surface area contributed by atoms with Crippen molar-refractivity contribution in [1.82, 2.24) is 9.80 Å². The second-order valence-electron chi connectivity index (χ2n) is 10.4. The Labute approximate surface area is 181 Å². The number of rotatable bonds is 2. The molecule has 1 saturated carbocycles. The van der Waals surface area contributed by atoms with Crippen molar-refractivity contribution in [3.05, 3.63) is 35.4 Å². The molecule has 162 valence electrons. The quantitative estimate of drug-likeness (QED) is 0.724. The number of fused-ring (bicyclic) bond motifs is 2. The van der Waals surface area contributed by atoms with E-state index >= 15 is 0 Å². The highest BCUT2D eigenvalue weighted by molar-refractivity contribution is 5.86. The highest BCUT2D eigenvalue weighted by Crippen LogP contribution is 2.52. The summed E-state index contributed by atoms with van der Waals surface area (Å²) in [5.41, 5.74) is 2.73. The molecule has 3 fully saturated rings. The molecule has 1 aromatic rings. The molecular weight excluding hydrogens is 372 g/mol. The Morgan fingerprint density at radius 3 is 2.20 bits per heavy atom. The number of nitrogens with zero attached hydrogens (tertiary/aromatic N) is 2. The van der Waals surface area contributed by atoms with Crippen molar-refractivity contribution in [1.29, 1.82) is 0 Å². The van der Waals surface area contributed by atoms with Crippen LogP contribution in [0.15, 0.2) is 24.3 Å². The van der Waals surface area contributed by atoms with E-state index in [0.29, 0.717) is 11.8 Å². The lowest BCUT2D eigenvalue weighted by Gasteiger charge is -2.42. The first-order chi connectivity index (χ1) is 14.6. The highest BCUT2D eigenvalue weighted by Gasteiger charge is 2.49. The number of benzene rings is 1. The van der Waals surface area contributed by atoms with Gasteiger partial charge in [-0.25, -0.2) is 0 Å². The van der Waals surface area contributed by atoms with E-state index in [1.807, 2.05) is 0 Å². The summed E-state index contributed by atoms with van der Waals surface area (Å²) in [6.45, 7) is 5.86. The van der Waals surface area contributed by atoms with Crippen molar-refractivity contribution in [2.24, 2.45) is 11.8 Å². The van der Waals surface area contributed by atoms with Crippen LogP contribution in [-0.2, 0) is 15.0 Å². The maximum atomic E-state index is 13.3. The average molecular weight is 409 g/mol. The van der Waals surface area contributed by atoms with Crippen LogP contribution >= 0.6 is 0 Å². The van der Waals surface area contributed by atoms with E-state index in [9.17, 15) is 9.59 Å². The van der Waals surface area contributed by atoms with Crippen molar-refractivity contribution < 1.29 is 9.59 Å². The van der Waals surface area contributed by atoms with E-state index in [0.717, 1.165) is 77.0 Å². The number of hydrogen-bond acceptors (Lipinski definition) is 2. The standard InChI is InChI=1S/C26H36N2O2/c1-19-8-10-20(11-9-19)24(29)28-16-12-26(13-17-28)18-22(21-6-2-3-7-23(21)26)25(30)27-14-4-5-15-27/h2-3,6-7,19-20,22H,4-5,8-18H2,1H3. The predicted octanol–water partition coefficient (Wildman–Crippen LogP) is 4.48. The zero-order valence-electron chi connectivity index (χ0n) is 18.4. The summed E-state index contributed by atoms with van der Waals surface area (Å²) in [6, 6.07) is 8.66. The molecule has 0 aromatic heterocycles. The summed E-state index contributed by atoms with van der Waals surface area (Å²) < 4.78 is 0. The van der Waals surface area contributed by atoms with Gasteiger partial charge in [-0.1, -0.05) is 31.2 Å². The molecule has 4 nitrogen and oxygen atoms in total. The molecule has 1 aromatic carbocycles. The molecule has 2 aliphatic carbocycles. The minimum Gasteiger partial charge on any atom is -0.342 e. The van der Waals surface area contributed by atoms with E-state index in [4.69, 9.17) is 0 Å². The molecule has 0 bridgehead atoms. The van der Waals surface area contributed by atoms with Crippen molar-refractivity contribution in [2.75, 3.05) is 26.2 Å². The molecule has 2 heterocycles. The Morgan fingerprint density at radius 1 is 0.867 bits per heavy atom. The third-order valence-electron chi connectivity index (χ3n) is 8.62. The van der Waals surface area contributed by atoms with E-state index in [2.05, 4.69) is 41.0 Å². The molecule has 4 aliphatic rings. The molecule has 1 spiro atoms. The fraction of sp³-hybridized carbons (Fsp3) is 0.692. The second kappa shape index (κ2) is 8.01. The van der Waals surface area contributed by atoms with Crippen molar-refractivity contribution in [3.8, 4) is 0 Å². The summed E-state index contributed by atoms with van der Waals surface area (Å²) in [6.07, 6.45) is 9.75. The first-order valence-electron chi connectivity index (χ1n) is 12.2. The van der Waals surface area contributed by atoms with Crippen LogP contribution in [0.1, 0.15) is 81.8 Å². The van der Waals surface area contributed by atoms with Gasteiger partial charge in [-0.15, -0.1) is 0 Å².